The topological polar surface area (TPSA) is 72.4 Å². The number of para-hydroxylation sites is 1. The number of nitrogens with zero attached hydrogens (tertiary/aromatic N) is 2. The van der Waals surface area contributed by atoms with E-state index in [9.17, 15) is 10.1 Å². The van der Waals surface area contributed by atoms with Crippen LogP contribution in [0, 0.1) is 17.0 Å². The molecule has 2 aromatic carbocycles. The molecule has 0 aliphatic carbocycles. The van der Waals surface area contributed by atoms with Gasteiger partial charge in [0.2, 0.25) is 0 Å². The van der Waals surface area contributed by atoms with Crippen LogP contribution in [0.4, 0.5) is 11.4 Å². The molecule has 0 spiro atoms. The van der Waals surface area contributed by atoms with E-state index in [0.717, 1.165) is 12.1 Å². The van der Waals surface area contributed by atoms with E-state index in [1.54, 1.807) is 6.07 Å². The standard InChI is InChI=1S/C16H19N3O2/c1-12-5-3-6-13(9-12)10-18(2)11-14-7-4-8-15(16(14)17)19(20)21/h3-9H,10-11,17H2,1-2H3. The molecule has 0 aliphatic heterocycles. The quantitative estimate of drug-likeness (QED) is 0.520. The fourth-order valence-electron chi connectivity index (χ4n) is 2.37. The number of nitro benzene ring substituents is 1. The molecule has 0 fully saturated rings. The minimum absolute atomic E-state index is 0.0311. The maximum Gasteiger partial charge on any atom is 0.292 e. The Morgan fingerprint density at radius 1 is 1.19 bits per heavy atom. The number of nitrogens with two attached hydrogens (primary N) is 1. The predicted octanol–water partition coefficient (Wildman–Crippen LogP) is 3.12. The van der Waals surface area contributed by atoms with Crippen molar-refractivity contribution in [1.82, 2.24) is 4.90 Å². The first kappa shape index (κ1) is 15.0. The molecule has 0 saturated heterocycles. The Hall–Kier alpha value is -2.40. The smallest absolute Gasteiger partial charge is 0.292 e. The zero-order valence-electron chi connectivity index (χ0n) is 12.2. The SMILES string of the molecule is Cc1cccc(CN(C)Cc2cccc([N+](=O)[O-])c2N)c1. The Balaban J connectivity index is 2.11. The van der Waals surface area contributed by atoms with Crippen LogP contribution >= 0.6 is 0 Å². The monoisotopic (exact) mass is 285 g/mol. The average Bonchev–Trinajstić information content (AvgIpc) is 2.40. The van der Waals surface area contributed by atoms with Crippen LogP contribution in [0.15, 0.2) is 42.5 Å². The summed E-state index contributed by atoms with van der Waals surface area (Å²) >= 11 is 0. The van der Waals surface area contributed by atoms with Crippen LogP contribution in [0.5, 0.6) is 0 Å². The van der Waals surface area contributed by atoms with Gasteiger partial charge in [-0.25, -0.2) is 0 Å². The van der Waals surface area contributed by atoms with Crippen molar-refractivity contribution in [2.75, 3.05) is 12.8 Å². The van der Waals surface area contributed by atoms with E-state index >= 15 is 0 Å². The van der Waals surface area contributed by atoms with Crippen LogP contribution in [0.2, 0.25) is 0 Å². The zero-order chi connectivity index (χ0) is 15.4. The molecule has 2 rings (SSSR count). The zero-order valence-corrected chi connectivity index (χ0v) is 12.2. The molecule has 0 aromatic heterocycles. The first-order valence-electron chi connectivity index (χ1n) is 6.73. The summed E-state index contributed by atoms with van der Waals surface area (Å²) in [6.45, 7) is 3.40. The van der Waals surface area contributed by atoms with Gasteiger partial charge in [-0.15, -0.1) is 0 Å². The molecule has 0 atom stereocenters. The van der Waals surface area contributed by atoms with E-state index in [1.807, 2.05) is 19.2 Å². The van der Waals surface area contributed by atoms with Gasteiger partial charge in [0.1, 0.15) is 5.69 Å². The Kier molecular flexibility index (Phi) is 4.55. The number of aryl methyl sites for hydroxylation is 1. The van der Waals surface area contributed by atoms with Crippen molar-refractivity contribution in [1.29, 1.82) is 0 Å². The molecule has 0 heterocycles. The molecule has 0 bridgehead atoms. The van der Waals surface area contributed by atoms with Gasteiger partial charge in [-0.1, -0.05) is 42.0 Å². The fourth-order valence-corrected chi connectivity index (χ4v) is 2.37. The van der Waals surface area contributed by atoms with Gasteiger partial charge >= 0.3 is 0 Å². The second-order valence-corrected chi connectivity index (χ2v) is 5.27. The van der Waals surface area contributed by atoms with Gasteiger partial charge in [-0.2, -0.15) is 0 Å². The van der Waals surface area contributed by atoms with Gasteiger partial charge in [0, 0.05) is 19.2 Å². The molecule has 0 saturated carbocycles. The van der Waals surface area contributed by atoms with E-state index in [1.165, 1.54) is 17.2 Å². The van der Waals surface area contributed by atoms with E-state index < -0.39 is 4.92 Å². The van der Waals surface area contributed by atoms with Crippen molar-refractivity contribution in [3.8, 4) is 0 Å². The van der Waals surface area contributed by atoms with Gasteiger partial charge in [-0.3, -0.25) is 15.0 Å². The van der Waals surface area contributed by atoms with Crippen molar-refractivity contribution < 1.29 is 4.92 Å². The molecule has 5 heteroatoms. The largest absolute Gasteiger partial charge is 0.393 e. The molecule has 5 nitrogen and oxygen atoms in total. The third-order valence-corrected chi connectivity index (χ3v) is 3.35. The first-order valence-corrected chi connectivity index (χ1v) is 6.73. The lowest BCUT2D eigenvalue weighted by atomic mass is 10.1. The van der Waals surface area contributed by atoms with Gasteiger partial charge in [0.05, 0.1) is 4.92 Å². The highest BCUT2D eigenvalue weighted by Crippen LogP contribution is 2.25. The number of rotatable bonds is 5. The van der Waals surface area contributed by atoms with Gasteiger partial charge in [0.25, 0.3) is 5.69 Å². The number of anilines is 1. The summed E-state index contributed by atoms with van der Waals surface area (Å²) in [5.41, 5.74) is 9.30. The third-order valence-electron chi connectivity index (χ3n) is 3.35. The van der Waals surface area contributed by atoms with Crippen molar-refractivity contribution in [2.45, 2.75) is 20.0 Å². The molecule has 0 radical (unpaired) electrons. The number of nitro groups is 1. The van der Waals surface area contributed by atoms with Crippen LogP contribution < -0.4 is 5.73 Å². The second kappa shape index (κ2) is 6.37. The summed E-state index contributed by atoms with van der Waals surface area (Å²) in [4.78, 5) is 12.5. The second-order valence-electron chi connectivity index (χ2n) is 5.27. The summed E-state index contributed by atoms with van der Waals surface area (Å²) in [7, 11) is 1.97. The molecule has 0 aliphatic rings. The van der Waals surface area contributed by atoms with Crippen LogP contribution in [0.1, 0.15) is 16.7 Å². The van der Waals surface area contributed by atoms with Gasteiger partial charge in [0.15, 0.2) is 0 Å². The Labute approximate surface area is 124 Å². The molecular weight excluding hydrogens is 266 g/mol. The van der Waals surface area contributed by atoms with Crippen molar-refractivity contribution in [3.63, 3.8) is 0 Å². The molecule has 0 amide bonds. The first-order chi connectivity index (χ1) is 9.97. The lowest BCUT2D eigenvalue weighted by Crippen LogP contribution is -2.18. The molecule has 110 valence electrons. The summed E-state index contributed by atoms with van der Waals surface area (Å²) in [5.74, 6) is 0. The average molecular weight is 285 g/mol. The lowest BCUT2D eigenvalue weighted by molar-refractivity contribution is -0.384. The molecule has 21 heavy (non-hydrogen) atoms. The molecule has 2 N–H and O–H groups in total. The van der Waals surface area contributed by atoms with E-state index in [2.05, 4.69) is 30.0 Å². The van der Waals surface area contributed by atoms with E-state index in [-0.39, 0.29) is 11.4 Å². The van der Waals surface area contributed by atoms with Crippen LogP contribution in [0.3, 0.4) is 0 Å². The number of benzene rings is 2. The van der Waals surface area contributed by atoms with E-state index in [0.29, 0.717) is 6.54 Å². The minimum Gasteiger partial charge on any atom is -0.393 e. The Morgan fingerprint density at radius 3 is 2.57 bits per heavy atom. The summed E-state index contributed by atoms with van der Waals surface area (Å²) in [6, 6.07) is 13.2. The van der Waals surface area contributed by atoms with Crippen LogP contribution in [-0.4, -0.2) is 16.9 Å². The maximum absolute atomic E-state index is 10.9. The lowest BCUT2D eigenvalue weighted by Gasteiger charge is -2.18. The van der Waals surface area contributed by atoms with Crippen molar-refractivity contribution in [3.05, 3.63) is 69.3 Å². The summed E-state index contributed by atoms with van der Waals surface area (Å²) in [5, 5.41) is 10.9. The van der Waals surface area contributed by atoms with Crippen molar-refractivity contribution in [2.24, 2.45) is 0 Å². The van der Waals surface area contributed by atoms with Crippen molar-refractivity contribution >= 4 is 11.4 Å². The molecule has 2 aromatic rings. The number of hydrogen-bond donors (Lipinski definition) is 1. The Bertz CT molecular complexity index is 656. The number of nitrogen functional groups attached to an aromatic ring is 1. The highest BCUT2D eigenvalue weighted by molar-refractivity contribution is 5.62. The Morgan fingerprint density at radius 2 is 1.90 bits per heavy atom. The molecular formula is C16H19N3O2. The van der Waals surface area contributed by atoms with Crippen LogP contribution in [0.25, 0.3) is 0 Å². The third kappa shape index (κ3) is 3.79. The normalized spacial score (nSPS) is 10.8. The highest BCUT2D eigenvalue weighted by Gasteiger charge is 2.15. The van der Waals surface area contributed by atoms with Gasteiger partial charge < -0.3 is 5.73 Å². The summed E-state index contributed by atoms with van der Waals surface area (Å²) < 4.78 is 0. The fraction of sp³-hybridized carbons (Fsp3) is 0.250. The maximum atomic E-state index is 10.9. The van der Waals surface area contributed by atoms with Gasteiger partial charge in [-0.05, 0) is 25.1 Å². The number of hydrogen-bond acceptors (Lipinski definition) is 4. The van der Waals surface area contributed by atoms with E-state index in [4.69, 9.17) is 5.73 Å². The predicted molar refractivity (Wildman–Crippen MR) is 83.9 cm³/mol. The highest BCUT2D eigenvalue weighted by atomic mass is 16.6. The summed E-state index contributed by atoms with van der Waals surface area (Å²) in [6.07, 6.45) is 0. The minimum atomic E-state index is -0.445. The molecule has 0 unspecified atom stereocenters. The van der Waals surface area contributed by atoms with Crippen LogP contribution in [-0.2, 0) is 13.1 Å².